The fourth-order valence-corrected chi connectivity index (χ4v) is 2.82. The van der Waals surface area contributed by atoms with E-state index >= 15 is 0 Å². The minimum Gasteiger partial charge on any atom is -0.396 e. The van der Waals surface area contributed by atoms with Crippen LogP contribution in [-0.4, -0.2) is 31.2 Å². The molecule has 7 heteroatoms. The average molecular weight is 298 g/mol. The molecule has 0 amide bonds. The summed E-state index contributed by atoms with van der Waals surface area (Å²) >= 11 is 5.83. The number of nitrogens with two attached hydrogens (primary N) is 1. The summed E-state index contributed by atoms with van der Waals surface area (Å²) in [6.07, 6.45) is 4.70. The molecule has 1 aliphatic carbocycles. The SMILES string of the molecule is CC.Nc1nc(Cl)nc2c1ncn2[C@H]1CCC(CO)C1. The van der Waals surface area contributed by atoms with Gasteiger partial charge in [0.2, 0.25) is 5.28 Å². The van der Waals surface area contributed by atoms with Crippen LogP contribution in [0.15, 0.2) is 6.33 Å². The first-order chi connectivity index (χ1) is 9.69. The van der Waals surface area contributed by atoms with E-state index < -0.39 is 0 Å². The zero-order valence-electron chi connectivity index (χ0n) is 11.8. The standard InChI is InChI=1S/C11H14ClN5O.C2H6/c12-11-15-9(13)8-10(16-11)17(5-14-8)7-2-1-6(3-7)4-18;1-2/h5-7,18H,1-4H2,(H2,13,15,16);1-2H3/t6?,7-;/m0./s1. The summed E-state index contributed by atoms with van der Waals surface area (Å²) in [5, 5.41) is 9.33. The van der Waals surface area contributed by atoms with Crippen LogP contribution in [0.1, 0.15) is 39.2 Å². The molecule has 2 heterocycles. The third-order valence-corrected chi connectivity index (χ3v) is 3.76. The van der Waals surface area contributed by atoms with Gasteiger partial charge in [-0.25, -0.2) is 4.98 Å². The molecular formula is C13H20ClN5O. The van der Waals surface area contributed by atoms with Gasteiger partial charge < -0.3 is 15.4 Å². The van der Waals surface area contributed by atoms with Crippen molar-refractivity contribution in [1.82, 2.24) is 19.5 Å². The van der Waals surface area contributed by atoms with E-state index in [4.69, 9.17) is 17.3 Å². The van der Waals surface area contributed by atoms with Crippen LogP contribution in [0.5, 0.6) is 0 Å². The highest BCUT2D eigenvalue weighted by molar-refractivity contribution is 6.28. The number of aromatic nitrogens is 4. The van der Waals surface area contributed by atoms with Gasteiger partial charge in [0.05, 0.1) is 6.33 Å². The maximum Gasteiger partial charge on any atom is 0.226 e. The summed E-state index contributed by atoms with van der Waals surface area (Å²) in [5.74, 6) is 0.669. The second kappa shape index (κ2) is 6.37. The number of anilines is 1. The molecule has 6 nitrogen and oxygen atoms in total. The molecule has 0 saturated heterocycles. The van der Waals surface area contributed by atoms with Gasteiger partial charge in [0, 0.05) is 12.6 Å². The van der Waals surface area contributed by atoms with Crippen LogP contribution < -0.4 is 5.73 Å². The molecule has 110 valence electrons. The molecule has 2 aromatic heterocycles. The first-order valence-corrected chi connectivity index (χ1v) is 7.33. The Morgan fingerprint density at radius 2 is 2.15 bits per heavy atom. The molecule has 0 bridgehead atoms. The Morgan fingerprint density at radius 1 is 1.40 bits per heavy atom. The van der Waals surface area contributed by atoms with Gasteiger partial charge in [0.1, 0.15) is 5.52 Å². The molecule has 3 rings (SSSR count). The number of imidazole rings is 1. The highest BCUT2D eigenvalue weighted by Gasteiger charge is 2.27. The zero-order valence-corrected chi connectivity index (χ0v) is 12.5. The molecule has 0 aliphatic heterocycles. The molecular weight excluding hydrogens is 278 g/mol. The molecule has 1 fully saturated rings. The van der Waals surface area contributed by atoms with Crippen molar-refractivity contribution in [2.45, 2.75) is 39.2 Å². The predicted molar refractivity (Wildman–Crippen MR) is 79.6 cm³/mol. The van der Waals surface area contributed by atoms with Crippen LogP contribution in [0.4, 0.5) is 5.82 Å². The second-order valence-corrected chi connectivity index (χ2v) is 5.06. The minimum absolute atomic E-state index is 0.137. The van der Waals surface area contributed by atoms with Gasteiger partial charge >= 0.3 is 0 Å². The van der Waals surface area contributed by atoms with Crippen LogP contribution >= 0.6 is 11.6 Å². The summed E-state index contributed by atoms with van der Waals surface area (Å²) in [6.45, 7) is 4.24. The van der Waals surface area contributed by atoms with Gasteiger partial charge in [0.25, 0.3) is 0 Å². The summed E-state index contributed by atoms with van der Waals surface area (Å²) < 4.78 is 1.99. The summed E-state index contributed by atoms with van der Waals surface area (Å²) in [6, 6.07) is 0.303. The van der Waals surface area contributed by atoms with E-state index in [1.165, 1.54) is 0 Å². The number of aliphatic hydroxyl groups excluding tert-OH is 1. The molecule has 2 atom stereocenters. The number of nitrogens with zero attached hydrogens (tertiary/aromatic N) is 4. The van der Waals surface area contributed by atoms with E-state index in [-0.39, 0.29) is 11.9 Å². The second-order valence-electron chi connectivity index (χ2n) is 4.72. The lowest BCUT2D eigenvalue weighted by atomic mass is 10.1. The van der Waals surface area contributed by atoms with Gasteiger partial charge in [-0.05, 0) is 36.8 Å². The molecule has 3 N–H and O–H groups in total. The normalized spacial score (nSPS) is 21.8. The highest BCUT2D eigenvalue weighted by Crippen LogP contribution is 2.36. The molecule has 0 spiro atoms. The van der Waals surface area contributed by atoms with Gasteiger partial charge in [-0.1, -0.05) is 13.8 Å². The quantitative estimate of drug-likeness (QED) is 0.831. The lowest BCUT2D eigenvalue weighted by Gasteiger charge is -2.12. The van der Waals surface area contributed by atoms with E-state index in [9.17, 15) is 5.11 Å². The number of hydrogen-bond donors (Lipinski definition) is 2. The van der Waals surface area contributed by atoms with Crippen molar-refractivity contribution in [2.75, 3.05) is 12.3 Å². The molecule has 0 radical (unpaired) electrons. The van der Waals surface area contributed by atoms with Crippen molar-refractivity contribution in [3.8, 4) is 0 Å². The Kier molecular flexibility index (Phi) is 4.77. The van der Waals surface area contributed by atoms with Crippen molar-refractivity contribution < 1.29 is 5.11 Å². The maximum absolute atomic E-state index is 9.19. The van der Waals surface area contributed by atoms with Gasteiger partial charge in [-0.15, -0.1) is 0 Å². The monoisotopic (exact) mass is 297 g/mol. The summed E-state index contributed by atoms with van der Waals surface area (Å²) in [5.41, 5.74) is 7.04. The zero-order chi connectivity index (χ0) is 14.7. The highest BCUT2D eigenvalue weighted by atomic mass is 35.5. The van der Waals surface area contributed by atoms with E-state index in [2.05, 4.69) is 15.0 Å². The Labute approximate surface area is 123 Å². The Bertz CT molecular complexity index is 585. The Balaban J connectivity index is 0.000000704. The van der Waals surface area contributed by atoms with E-state index in [0.29, 0.717) is 28.9 Å². The van der Waals surface area contributed by atoms with Gasteiger partial charge in [0.15, 0.2) is 11.5 Å². The lowest BCUT2D eigenvalue weighted by Crippen LogP contribution is -2.07. The van der Waals surface area contributed by atoms with Crippen LogP contribution in [0, 0.1) is 5.92 Å². The van der Waals surface area contributed by atoms with E-state index in [0.717, 1.165) is 19.3 Å². The van der Waals surface area contributed by atoms with E-state index in [1.54, 1.807) is 6.33 Å². The fourth-order valence-electron chi connectivity index (χ4n) is 2.64. The number of hydrogen-bond acceptors (Lipinski definition) is 5. The van der Waals surface area contributed by atoms with Crippen LogP contribution in [0.3, 0.4) is 0 Å². The number of rotatable bonds is 2. The third kappa shape index (κ3) is 2.71. The Morgan fingerprint density at radius 3 is 2.80 bits per heavy atom. The molecule has 2 aromatic rings. The fraction of sp³-hybridized carbons (Fsp3) is 0.615. The van der Waals surface area contributed by atoms with Crippen molar-refractivity contribution in [2.24, 2.45) is 5.92 Å². The molecule has 1 saturated carbocycles. The molecule has 1 unspecified atom stereocenters. The first kappa shape index (κ1) is 15.0. The molecule has 1 aliphatic rings. The lowest BCUT2D eigenvalue weighted by molar-refractivity contribution is 0.226. The van der Waals surface area contributed by atoms with Crippen LogP contribution in [0.25, 0.3) is 11.2 Å². The van der Waals surface area contributed by atoms with Crippen molar-refractivity contribution in [3.63, 3.8) is 0 Å². The topological polar surface area (TPSA) is 89.9 Å². The van der Waals surface area contributed by atoms with Crippen molar-refractivity contribution in [3.05, 3.63) is 11.6 Å². The molecule has 20 heavy (non-hydrogen) atoms. The third-order valence-electron chi connectivity index (χ3n) is 3.59. The van der Waals surface area contributed by atoms with Crippen molar-refractivity contribution in [1.29, 1.82) is 0 Å². The largest absolute Gasteiger partial charge is 0.396 e. The number of halogens is 1. The minimum atomic E-state index is 0.137. The van der Waals surface area contributed by atoms with Crippen molar-refractivity contribution >= 4 is 28.6 Å². The maximum atomic E-state index is 9.19. The summed E-state index contributed by atoms with van der Waals surface area (Å²) in [4.78, 5) is 12.3. The Hall–Kier alpha value is -1.40. The average Bonchev–Trinajstić information content (AvgIpc) is 3.06. The van der Waals surface area contributed by atoms with Crippen LogP contribution in [-0.2, 0) is 0 Å². The predicted octanol–water partition coefficient (Wildman–Crippen LogP) is 2.42. The first-order valence-electron chi connectivity index (χ1n) is 6.95. The van der Waals surface area contributed by atoms with Gasteiger partial charge in [-0.2, -0.15) is 9.97 Å². The molecule has 0 aromatic carbocycles. The number of fused-ring (bicyclic) bond motifs is 1. The van der Waals surface area contributed by atoms with Gasteiger partial charge in [-0.3, -0.25) is 0 Å². The smallest absolute Gasteiger partial charge is 0.226 e. The summed E-state index contributed by atoms with van der Waals surface area (Å²) in [7, 11) is 0. The number of aliphatic hydroxyl groups is 1. The van der Waals surface area contributed by atoms with Crippen LogP contribution in [0.2, 0.25) is 5.28 Å². The number of nitrogen functional groups attached to an aromatic ring is 1. The van der Waals surface area contributed by atoms with E-state index in [1.807, 2.05) is 18.4 Å².